The topological polar surface area (TPSA) is 47.3 Å². The Balaban J connectivity index is 1.37. The third kappa shape index (κ3) is 3.65. The van der Waals surface area contributed by atoms with Crippen LogP contribution in [0, 0.1) is 0 Å². The second kappa shape index (κ2) is 9.26. The zero-order valence-corrected chi connectivity index (χ0v) is 22.9. The molecule has 0 N–H and O–H groups in total. The summed E-state index contributed by atoms with van der Waals surface area (Å²) in [7, 11) is -3.09. The Morgan fingerprint density at radius 2 is 1.22 bits per heavy atom. The van der Waals surface area contributed by atoms with Crippen LogP contribution in [0.1, 0.15) is 0 Å². The van der Waals surface area contributed by atoms with E-state index in [9.17, 15) is 0 Å². The molecule has 41 heavy (non-hydrogen) atoms. The van der Waals surface area contributed by atoms with Gasteiger partial charge in [-0.2, -0.15) is 0 Å². The number of benzene rings is 5. The van der Waals surface area contributed by atoms with Crippen LogP contribution in [0.5, 0.6) is 0 Å². The molecule has 0 fully saturated rings. The number of pyridine rings is 2. The Morgan fingerprint density at radius 3 is 2.00 bits per heavy atom. The van der Waals surface area contributed by atoms with Crippen LogP contribution < -0.4 is 15.9 Å². The summed E-state index contributed by atoms with van der Waals surface area (Å²) in [5.41, 5.74) is 6.00. The minimum Gasteiger partial charge on any atom is -0.309 e. The fraction of sp³-hybridized carbons (Fsp3) is 0. The van der Waals surface area contributed by atoms with Gasteiger partial charge in [-0.3, -0.25) is 9.38 Å². The molecule has 0 amide bonds. The van der Waals surface area contributed by atoms with Gasteiger partial charge < -0.3 is 4.57 Å². The zero-order valence-electron chi connectivity index (χ0n) is 22.1. The van der Waals surface area contributed by atoms with Gasteiger partial charge in [-0.05, 0) is 46.8 Å². The van der Waals surface area contributed by atoms with Crippen LogP contribution in [0.4, 0.5) is 0 Å². The monoisotopic (exact) mass is 545 g/mol. The summed E-state index contributed by atoms with van der Waals surface area (Å²) in [5, 5.41) is 5.79. The number of rotatable bonds is 4. The van der Waals surface area contributed by atoms with E-state index in [1.807, 2.05) is 103 Å². The van der Waals surface area contributed by atoms with Crippen molar-refractivity contribution in [1.29, 1.82) is 0 Å². The number of hydrogen-bond acceptors (Lipinski definition) is 3. The van der Waals surface area contributed by atoms with Gasteiger partial charge in [-0.1, -0.05) is 103 Å². The highest BCUT2D eigenvalue weighted by Crippen LogP contribution is 2.43. The van der Waals surface area contributed by atoms with Crippen molar-refractivity contribution in [2.75, 3.05) is 0 Å². The van der Waals surface area contributed by atoms with Crippen LogP contribution in [0.3, 0.4) is 0 Å². The molecule has 0 saturated carbocycles. The van der Waals surface area contributed by atoms with Gasteiger partial charge in [0.25, 0.3) is 0 Å². The Kier molecular flexibility index (Phi) is 5.38. The fourth-order valence-electron chi connectivity index (χ4n) is 5.99. The lowest BCUT2D eigenvalue weighted by molar-refractivity contribution is 0.592. The lowest BCUT2D eigenvalue weighted by Crippen LogP contribution is -2.25. The fourth-order valence-corrected chi connectivity index (χ4v) is 8.69. The van der Waals surface area contributed by atoms with Gasteiger partial charge in [0.05, 0.1) is 22.7 Å². The lowest BCUT2D eigenvalue weighted by atomic mass is 10.00. The van der Waals surface area contributed by atoms with E-state index in [1.165, 1.54) is 0 Å². The van der Waals surface area contributed by atoms with Gasteiger partial charge >= 0.3 is 0 Å². The summed E-state index contributed by atoms with van der Waals surface area (Å²) < 4.78 is 17.2. The molecule has 0 bridgehead atoms. The molecule has 0 radical (unpaired) electrons. The number of fused-ring (bicyclic) bond motifs is 8. The van der Waals surface area contributed by atoms with Gasteiger partial charge in [0, 0.05) is 32.9 Å². The van der Waals surface area contributed by atoms with Crippen molar-refractivity contribution < 1.29 is 4.57 Å². The number of aromatic nitrogens is 3. The lowest BCUT2D eigenvalue weighted by Gasteiger charge is -2.20. The molecule has 4 nitrogen and oxygen atoms in total. The third-order valence-corrected chi connectivity index (χ3v) is 11.0. The standard InChI is InChI=1S/C36H24N3OP/c40-41(27-11-3-1-4-12-27,28-13-5-2-6-14-28)29-15-9-10-25(22-29)26-18-19-30-31-20-21-37-24-35(31)39-34-17-8-7-16-33(34)38-36(39)32(30)23-26/h1-24H. The summed E-state index contributed by atoms with van der Waals surface area (Å²) >= 11 is 0. The highest BCUT2D eigenvalue weighted by Gasteiger charge is 2.29. The molecule has 3 heterocycles. The van der Waals surface area contributed by atoms with E-state index in [0.717, 1.165) is 65.4 Å². The molecule has 194 valence electrons. The van der Waals surface area contributed by atoms with Gasteiger partial charge in [-0.15, -0.1) is 0 Å². The van der Waals surface area contributed by atoms with Crippen molar-refractivity contribution in [1.82, 2.24) is 14.4 Å². The second-order valence-electron chi connectivity index (χ2n) is 10.2. The maximum Gasteiger partial charge on any atom is 0.171 e. The van der Waals surface area contributed by atoms with Crippen LogP contribution in [0.15, 0.2) is 146 Å². The Bertz CT molecular complexity index is 2250. The van der Waals surface area contributed by atoms with E-state index < -0.39 is 7.14 Å². The third-order valence-electron chi connectivity index (χ3n) is 7.94. The first-order valence-electron chi connectivity index (χ1n) is 13.6. The average Bonchev–Trinajstić information content (AvgIpc) is 3.45. The first kappa shape index (κ1) is 23.8. The van der Waals surface area contributed by atoms with Gasteiger partial charge in [0.15, 0.2) is 7.14 Å². The highest BCUT2D eigenvalue weighted by molar-refractivity contribution is 7.85. The molecule has 0 aliphatic carbocycles. The van der Waals surface area contributed by atoms with Crippen LogP contribution in [-0.4, -0.2) is 14.4 Å². The molecule has 0 saturated heterocycles. The van der Waals surface area contributed by atoms with Crippen molar-refractivity contribution >= 4 is 61.4 Å². The first-order chi connectivity index (χ1) is 20.2. The van der Waals surface area contributed by atoms with Crippen molar-refractivity contribution in [3.05, 3.63) is 146 Å². The van der Waals surface area contributed by atoms with Gasteiger partial charge in [0.1, 0.15) is 5.65 Å². The first-order valence-corrected chi connectivity index (χ1v) is 15.3. The molecule has 0 unspecified atom stereocenters. The van der Waals surface area contributed by atoms with E-state index in [2.05, 4.69) is 51.8 Å². The molecule has 3 aromatic heterocycles. The Hall–Kier alpha value is -5.05. The second-order valence-corrected chi connectivity index (χ2v) is 13.0. The number of para-hydroxylation sites is 2. The van der Waals surface area contributed by atoms with Crippen molar-refractivity contribution in [2.45, 2.75) is 0 Å². The van der Waals surface area contributed by atoms with Gasteiger partial charge in [0.2, 0.25) is 0 Å². The quantitative estimate of drug-likeness (QED) is 0.170. The van der Waals surface area contributed by atoms with E-state index in [4.69, 9.17) is 4.98 Å². The van der Waals surface area contributed by atoms with E-state index in [1.54, 1.807) is 0 Å². The van der Waals surface area contributed by atoms with E-state index in [-0.39, 0.29) is 0 Å². The number of nitrogens with zero attached hydrogens (tertiary/aromatic N) is 3. The molecule has 5 heteroatoms. The molecule has 0 aliphatic rings. The average molecular weight is 546 g/mol. The predicted molar refractivity (Wildman–Crippen MR) is 170 cm³/mol. The van der Waals surface area contributed by atoms with Crippen LogP contribution in [-0.2, 0) is 4.57 Å². The van der Waals surface area contributed by atoms with Crippen LogP contribution >= 0.6 is 7.14 Å². The van der Waals surface area contributed by atoms with Crippen molar-refractivity contribution in [3.8, 4) is 11.1 Å². The summed E-state index contributed by atoms with van der Waals surface area (Å²) in [6.45, 7) is 0. The number of hydrogen-bond donors (Lipinski definition) is 0. The molecule has 5 aromatic carbocycles. The minimum atomic E-state index is -3.09. The SMILES string of the molecule is O=P(c1ccccc1)(c1ccccc1)c1cccc(-c2ccc3c4ccncc4n4c5ccccc5nc4c3c2)c1. The zero-order chi connectivity index (χ0) is 27.4. The molecular formula is C36H24N3OP. The molecule has 0 aliphatic heterocycles. The molecule has 8 rings (SSSR count). The van der Waals surface area contributed by atoms with E-state index >= 15 is 4.57 Å². The minimum absolute atomic E-state index is 0.814. The Morgan fingerprint density at radius 1 is 0.537 bits per heavy atom. The maximum absolute atomic E-state index is 15.0. The van der Waals surface area contributed by atoms with Gasteiger partial charge in [-0.25, -0.2) is 4.98 Å². The molecule has 0 atom stereocenters. The summed E-state index contributed by atoms with van der Waals surface area (Å²) in [5.74, 6) is 0. The Labute approximate surface area is 236 Å². The summed E-state index contributed by atoms with van der Waals surface area (Å²) in [6.07, 6.45) is 3.76. The highest BCUT2D eigenvalue weighted by atomic mass is 31.2. The number of imidazole rings is 1. The molecular weight excluding hydrogens is 521 g/mol. The molecule has 8 aromatic rings. The smallest absolute Gasteiger partial charge is 0.171 e. The van der Waals surface area contributed by atoms with Crippen molar-refractivity contribution in [2.24, 2.45) is 0 Å². The maximum atomic E-state index is 15.0. The largest absolute Gasteiger partial charge is 0.309 e. The normalized spacial score (nSPS) is 12.0. The summed E-state index contributed by atoms with van der Waals surface area (Å²) in [4.78, 5) is 9.48. The van der Waals surface area contributed by atoms with Crippen LogP contribution in [0.25, 0.3) is 49.5 Å². The van der Waals surface area contributed by atoms with Crippen LogP contribution in [0.2, 0.25) is 0 Å². The summed E-state index contributed by atoms with van der Waals surface area (Å²) in [6, 6.07) is 44.6. The van der Waals surface area contributed by atoms with Crippen molar-refractivity contribution in [3.63, 3.8) is 0 Å². The predicted octanol–water partition coefficient (Wildman–Crippen LogP) is 7.50. The van der Waals surface area contributed by atoms with E-state index in [0.29, 0.717) is 0 Å². The molecule has 0 spiro atoms.